The maximum Gasteiger partial charge on any atom is 0.328 e. The molecule has 2 rings (SSSR count). The van der Waals surface area contributed by atoms with Crippen molar-refractivity contribution in [2.24, 2.45) is 17.2 Å². The molecule has 1 aromatic heterocycles. The van der Waals surface area contributed by atoms with E-state index in [1.807, 2.05) is 0 Å². The summed E-state index contributed by atoms with van der Waals surface area (Å²) in [5.41, 5.74) is 17.4. The van der Waals surface area contributed by atoms with E-state index >= 15 is 0 Å². The molecule has 1 aromatic carbocycles. The van der Waals surface area contributed by atoms with Crippen molar-refractivity contribution in [1.82, 2.24) is 20.9 Å². The van der Waals surface area contributed by atoms with Crippen molar-refractivity contribution in [1.29, 1.82) is 0 Å². The molecular weight excluding hydrogens is 526 g/mol. The monoisotopic (exact) mass is 561 g/mol. The number of aromatic nitrogens is 1. The standard InChI is InChI=1S/C25H35N7O8/c1-12(33)21(25(39)40)32-24(38)18(10-13-11-29-16-5-3-2-4-14(13)16)31-23(37)17(7-9-20(28)35)30-22(36)15(26)6-8-19(27)34/h2-5,11-12,15,17-18,21,29,33H,6-10,26H2,1H3,(H2,27,34)(H2,28,35)(H,30,36)(H,31,37)(H,32,38)(H,39,40). The van der Waals surface area contributed by atoms with Crippen LogP contribution in [0.5, 0.6) is 0 Å². The third-order valence-corrected chi connectivity index (χ3v) is 6.13. The van der Waals surface area contributed by atoms with Gasteiger partial charge in [-0.15, -0.1) is 0 Å². The highest BCUT2D eigenvalue weighted by atomic mass is 16.4. The Hall–Kier alpha value is -4.50. The van der Waals surface area contributed by atoms with Crippen LogP contribution in [0.25, 0.3) is 10.9 Å². The summed E-state index contributed by atoms with van der Waals surface area (Å²) in [5, 5.41) is 27.1. The van der Waals surface area contributed by atoms with Gasteiger partial charge in [0.05, 0.1) is 12.1 Å². The maximum atomic E-state index is 13.3. The second-order valence-electron chi connectivity index (χ2n) is 9.37. The third kappa shape index (κ3) is 9.36. The molecular formula is C25H35N7O8. The number of hydrogen-bond donors (Lipinski definition) is 9. The third-order valence-electron chi connectivity index (χ3n) is 6.13. The molecule has 1 heterocycles. The largest absolute Gasteiger partial charge is 0.480 e. The Kier molecular flexibility index (Phi) is 11.6. The van der Waals surface area contributed by atoms with Crippen LogP contribution < -0.4 is 33.2 Å². The Bertz CT molecular complexity index is 1240. The molecule has 5 amide bonds. The molecule has 0 aliphatic rings. The van der Waals surface area contributed by atoms with E-state index in [1.165, 1.54) is 6.92 Å². The first kappa shape index (κ1) is 31.7. The van der Waals surface area contributed by atoms with Crippen molar-refractivity contribution >= 4 is 46.4 Å². The lowest BCUT2D eigenvalue weighted by Crippen LogP contribution is -2.58. The number of aliphatic hydroxyl groups is 1. The number of carbonyl (C=O) groups excluding carboxylic acids is 5. The highest BCUT2D eigenvalue weighted by Crippen LogP contribution is 2.19. The quantitative estimate of drug-likeness (QED) is 0.104. The van der Waals surface area contributed by atoms with Gasteiger partial charge in [0.2, 0.25) is 29.5 Å². The van der Waals surface area contributed by atoms with E-state index in [4.69, 9.17) is 17.2 Å². The van der Waals surface area contributed by atoms with Crippen LogP contribution >= 0.6 is 0 Å². The minimum Gasteiger partial charge on any atom is -0.480 e. The highest BCUT2D eigenvalue weighted by Gasteiger charge is 2.32. The van der Waals surface area contributed by atoms with E-state index in [1.54, 1.807) is 30.5 Å². The number of rotatable bonds is 16. The van der Waals surface area contributed by atoms with E-state index < -0.39 is 65.8 Å². The molecule has 0 saturated heterocycles. The topological polar surface area (TPSA) is 273 Å². The normalized spacial score (nSPS) is 14.8. The van der Waals surface area contributed by atoms with Gasteiger partial charge in [-0.05, 0) is 31.4 Å². The number of para-hydroxylation sites is 1. The second-order valence-corrected chi connectivity index (χ2v) is 9.37. The number of aliphatic carboxylic acids is 1. The van der Waals surface area contributed by atoms with Gasteiger partial charge in [0.1, 0.15) is 12.1 Å². The van der Waals surface area contributed by atoms with Crippen LogP contribution in [0.3, 0.4) is 0 Å². The summed E-state index contributed by atoms with van der Waals surface area (Å²) in [7, 11) is 0. The van der Waals surface area contributed by atoms with Crippen LogP contribution in [-0.4, -0.2) is 81.0 Å². The van der Waals surface area contributed by atoms with Gasteiger partial charge in [-0.25, -0.2) is 4.79 Å². The predicted molar refractivity (Wildman–Crippen MR) is 142 cm³/mol. The zero-order chi connectivity index (χ0) is 30.0. The molecule has 0 aliphatic heterocycles. The molecule has 0 aliphatic carbocycles. The fourth-order valence-corrected chi connectivity index (χ4v) is 3.91. The van der Waals surface area contributed by atoms with E-state index in [9.17, 15) is 39.0 Å². The van der Waals surface area contributed by atoms with Crippen LogP contribution in [0.15, 0.2) is 30.5 Å². The first-order chi connectivity index (χ1) is 18.8. The Balaban J connectivity index is 2.31. The summed E-state index contributed by atoms with van der Waals surface area (Å²) in [6.07, 6.45) is -0.706. The van der Waals surface area contributed by atoms with Gasteiger partial charge in [-0.2, -0.15) is 0 Å². The summed E-state index contributed by atoms with van der Waals surface area (Å²) in [6.45, 7) is 1.18. The fourth-order valence-electron chi connectivity index (χ4n) is 3.91. The molecule has 15 nitrogen and oxygen atoms in total. The molecule has 0 spiro atoms. The minimum absolute atomic E-state index is 0.0904. The van der Waals surface area contributed by atoms with Crippen LogP contribution in [0.1, 0.15) is 38.2 Å². The number of amides is 5. The van der Waals surface area contributed by atoms with Crippen molar-refractivity contribution in [3.05, 3.63) is 36.0 Å². The van der Waals surface area contributed by atoms with Crippen LogP contribution in [-0.2, 0) is 35.2 Å². The van der Waals surface area contributed by atoms with Gasteiger partial charge in [0, 0.05) is 36.4 Å². The van der Waals surface area contributed by atoms with Crippen molar-refractivity contribution in [2.45, 2.75) is 69.3 Å². The van der Waals surface area contributed by atoms with Crippen molar-refractivity contribution in [3.63, 3.8) is 0 Å². The zero-order valence-corrected chi connectivity index (χ0v) is 21.9. The number of aromatic amines is 1. The summed E-state index contributed by atoms with van der Waals surface area (Å²) >= 11 is 0. The number of carbonyl (C=O) groups is 6. The lowest BCUT2D eigenvalue weighted by atomic mass is 10.0. The zero-order valence-electron chi connectivity index (χ0n) is 21.9. The molecule has 5 atom stereocenters. The average molecular weight is 562 g/mol. The predicted octanol–water partition coefficient (Wildman–Crippen LogP) is -2.51. The summed E-state index contributed by atoms with van der Waals surface area (Å²) in [4.78, 5) is 76.1. The van der Waals surface area contributed by atoms with Gasteiger partial charge in [-0.1, -0.05) is 18.2 Å². The van der Waals surface area contributed by atoms with Gasteiger partial charge in [0.25, 0.3) is 0 Å². The molecule has 40 heavy (non-hydrogen) atoms. The average Bonchev–Trinajstić information content (AvgIpc) is 3.29. The highest BCUT2D eigenvalue weighted by molar-refractivity contribution is 5.95. The van der Waals surface area contributed by atoms with Crippen LogP contribution in [0, 0.1) is 0 Å². The Labute approximate surface area is 229 Å². The Morgan fingerprint density at radius 3 is 2.05 bits per heavy atom. The Morgan fingerprint density at radius 1 is 0.875 bits per heavy atom. The summed E-state index contributed by atoms with van der Waals surface area (Å²) in [6, 6.07) is 1.60. The molecule has 0 radical (unpaired) electrons. The number of fused-ring (bicyclic) bond motifs is 1. The van der Waals surface area contributed by atoms with Gasteiger partial charge in [-0.3, -0.25) is 24.0 Å². The molecule has 0 fully saturated rings. The first-order valence-electron chi connectivity index (χ1n) is 12.5. The number of nitrogens with one attached hydrogen (secondary N) is 4. The molecule has 2 aromatic rings. The second kappa shape index (κ2) is 14.6. The van der Waals surface area contributed by atoms with Gasteiger partial charge >= 0.3 is 5.97 Å². The minimum atomic E-state index is -1.66. The first-order valence-corrected chi connectivity index (χ1v) is 12.5. The van der Waals surface area contributed by atoms with E-state index in [-0.39, 0.29) is 32.1 Å². The molecule has 0 saturated carbocycles. The van der Waals surface area contributed by atoms with E-state index in [0.29, 0.717) is 5.56 Å². The van der Waals surface area contributed by atoms with E-state index in [2.05, 4.69) is 20.9 Å². The lowest BCUT2D eigenvalue weighted by Gasteiger charge is -2.25. The number of carboxylic acids is 1. The summed E-state index contributed by atoms with van der Waals surface area (Å²) < 4.78 is 0. The molecule has 0 bridgehead atoms. The number of aliphatic hydroxyl groups excluding tert-OH is 1. The number of nitrogens with two attached hydrogens (primary N) is 3. The van der Waals surface area contributed by atoms with Crippen molar-refractivity contribution < 1.29 is 39.0 Å². The number of hydrogen-bond acceptors (Lipinski definition) is 8. The van der Waals surface area contributed by atoms with E-state index in [0.717, 1.165) is 10.9 Å². The van der Waals surface area contributed by atoms with Crippen LogP contribution in [0.2, 0.25) is 0 Å². The number of benzene rings is 1. The summed E-state index contributed by atoms with van der Waals surface area (Å²) in [5.74, 6) is -5.50. The van der Waals surface area contributed by atoms with Gasteiger partial charge < -0.3 is 48.3 Å². The molecule has 15 heteroatoms. The number of primary amides is 2. The van der Waals surface area contributed by atoms with Crippen molar-refractivity contribution in [2.75, 3.05) is 0 Å². The lowest BCUT2D eigenvalue weighted by molar-refractivity contribution is -0.145. The molecule has 218 valence electrons. The maximum absolute atomic E-state index is 13.3. The number of carboxylic acid groups (broad SMARTS) is 1. The van der Waals surface area contributed by atoms with Crippen molar-refractivity contribution in [3.8, 4) is 0 Å². The van der Waals surface area contributed by atoms with Gasteiger partial charge in [0.15, 0.2) is 6.04 Å². The fraction of sp³-hybridized carbons (Fsp3) is 0.440. The van der Waals surface area contributed by atoms with Crippen LogP contribution in [0.4, 0.5) is 0 Å². The molecule has 5 unspecified atom stereocenters. The smallest absolute Gasteiger partial charge is 0.328 e. The molecule has 12 N–H and O–H groups in total. The number of H-pyrrole nitrogens is 1. The SMILES string of the molecule is CC(O)C(NC(=O)C(Cc1c[nH]c2ccccc12)NC(=O)C(CCC(N)=O)NC(=O)C(N)CCC(N)=O)C(=O)O. The Morgan fingerprint density at radius 2 is 1.45 bits per heavy atom.